The molecule has 0 saturated carbocycles. The maximum atomic E-state index is 12.4. The first-order valence-corrected chi connectivity index (χ1v) is 3.67. The second kappa shape index (κ2) is 3.97. The number of benzene rings is 1. The lowest BCUT2D eigenvalue weighted by Crippen LogP contribution is -2.23. The van der Waals surface area contributed by atoms with Gasteiger partial charge in [-0.2, -0.15) is 0 Å². The van der Waals surface area contributed by atoms with Crippen molar-refractivity contribution in [1.82, 2.24) is 0 Å². The van der Waals surface area contributed by atoms with E-state index in [9.17, 15) is 9.18 Å². The van der Waals surface area contributed by atoms with Crippen LogP contribution in [0.4, 0.5) is 4.39 Å². The number of carbonyl (C=O) groups excluding carboxylic acids is 1. The van der Waals surface area contributed by atoms with Crippen LogP contribution >= 0.6 is 0 Å². The first kappa shape index (κ1) is 8.87. The number of halogens is 1. The van der Waals surface area contributed by atoms with Gasteiger partial charge in [0.05, 0.1) is 6.04 Å². The molecule has 0 fully saturated rings. The third kappa shape index (κ3) is 2.43. The van der Waals surface area contributed by atoms with Crippen molar-refractivity contribution in [1.29, 1.82) is 0 Å². The van der Waals surface area contributed by atoms with Crippen LogP contribution in [0.2, 0.25) is 0 Å². The van der Waals surface area contributed by atoms with Crippen LogP contribution < -0.4 is 5.73 Å². The van der Waals surface area contributed by atoms with Crippen molar-refractivity contribution in [2.24, 2.45) is 5.73 Å². The summed E-state index contributed by atoms with van der Waals surface area (Å²) in [7, 11) is 0. The summed E-state index contributed by atoms with van der Waals surface area (Å²) in [5.41, 5.74) is 6.25. The number of carbonyl (C=O) groups is 1. The van der Waals surface area contributed by atoms with Crippen molar-refractivity contribution in [2.45, 2.75) is 12.5 Å². The molecule has 66 valence electrons. The van der Waals surface area contributed by atoms with E-state index in [1.54, 1.807) is 12.1 Å². The van der Waals surface area contributed by atoms with E-state index in [0.717, 1.165) is 5.56 Å². The van der Waals surface area contributed by atoms with E-state index in [1.165, 1.54) is 12.1 Å². The molecule has 2 nitrogen and oxygen atoms in total. The van der Waals surface area contributed by atoms with Crippen LogP contribution in [0.15, 0.2) is 24.3 Å². The SMILES string of the molecule is N[C@H](C=O)Cc1ccc(F)cc1.[HH]. The van der Waals surface area contributed by atoms with Gasteiger partial charge in [-0.1, -0.05) is 12.1 Å². The molecular weight excluding hydrogens is 157 g/mol. The van der Waals surface area contributed by atoms with E-state index in [0.29, 0.717) is 12.7 Å². The number of aldehydes is 1. The Labute approximate surface area is 71.7 Å². The van der Waals surface area contributed by atoms with Crippen LogP contribution in [-0.2, 0) is 11.2 Å². The lowest BCUT2D eigenvalue weighted by molar-refractivity contribution is -0.108. The number of rotatable bonds is 3. The molecule has 1 atom stereocenters. The molecule has 0 aliphatic heterocycles. The first-order valence-electron chi connectivity index (χ1n) is 3.67. The zero-order valence-corrected chi connectivity index (χ0v) is 6.53. The summed E-state index contributed by atoms with van der Waals surface area (Å²) < 4.78 is 12.4. The Balaban J connectivity index is 0.00000144. The quantitative estimate of drug-likeness (QED) is 0.689. The maximum Gasteiger partial charge on any atom is 0.137 e. The summed E-state index contributed by atoms with van der Waals surface area (Å²) in [5.74, 6) is -0.279. The molecule has 1 aromatic rings. The predicted molar refractivity (Wildman–Crippen MR) is 46.3 cm³/mol. The average Bonchev–Trinajstić information content (AvgIpc) is 2.09. The van der Waals surface area contributed by atoms with Crippen LogP contribution in [0.5, 0.6) is 0 Å². The Hall–Kier alpha value is -1.22. The predicted octanol–water partition coefficient (Wildman–Crippen LogP) is 1.14. The zero-order valence-electron chi connectivity index (χ0n) is 6.53. The fourth-order valence-corrected chi connectivity index (χ4v) is 0.941. The summed E-state index contributed by atoms with van der Waals surface area (Å²) in [5, 5.41) is 0. The lowest BCUT2D eigenvalue weighted by atomic mass is 10.1. The minimum absolute atomic E-state index is 0. The molecule has 1 rings (SSSR count). The fraction of sp³-hybridized carbons (Fsp3) is 0.222. The van der Waals surface area contributed by atoms with Gasteiger partial charge in [-0.05, 0) is 24.1 Å². The van der Waals surface area contributed by atoms with Crippen molar-refractivity contribution >= 4 is 6.29 Å². The molecule has 0 radical (unpaired) electrons. The Kier molecular flexibility index (Phi) is 2.94. The second-order valence-corrected chi connectivity index (χ2v) is 2.63. The van der Waals surface area contributed by atoms with Gasteiger partial charge in [0.1, 0.15) is 12.1 Å². The number of hydrogen-bond donors (Lipinski definition) is 1. The topological polar surface area (TPSA) is 43.1 Å². The standard InChI is InChI=1S/C9H10FNO.H2/c10-8-3-1-7(2-4-8)5-9(11)6-12;/h1-4,6,9H,5,11H2;1H/t9-;/m0./s1. The van der Waals surface area contributed by atoms with Gasteiger partial charge in [0, 0.05) is 1.43 Å². The minimum Gasteiger partial charge on any atom is -0.321 e. The molecule has 3 heteroatoms. The Bertz CT molecular complexity index is 263. The van der Waals surface area contributed by atoms with Gasteiger partial charge in [-0.3, -0.25) is 0 Å². The highest BCUT2D eigenvalue weighted by atomic mass is 19.1. The van der Waals surface area contributed by atoms with Gasteiger partial charge in [0.2, 0.25) is 0 Å². The van der Waals surface area contributed by atoms with Gasteiger partial charge >= 0.3 is 0 Å². The van der Waals surface area contributed by atoms with Crippen molar-refractivity contribution < 1.29 is 10.6 Å². The smallest absolute Gasteiger partial charge is 0.137 e. The highest BCUT2D eigenvalue weighted by Crippen LogP contribution is 2.03. The van der Waals surface area contributed by atoms with Gasteiger partial charge in [-0.15, -0.1) is 0 Å². The molecule has 0 saturated heterocycles. The molecule has 0 aliphatic rings. The molecule has 0 aliphatic carbocycles. The third-order valence-electron chi connectivity index (χ3n) is 1.56. The van der Waals surface area contributed by atoms with Crippen molar-refractivity contribution in [3.05, 3.63) is 35.6 Å². The van der Waals surface area contributed by atoms with E-state index in [4.69, 9.17) is 5.73 Å². The monoisotopic (exact) mass is 169 g/mol. The Morgan fingerprint density at radius 3 is 2.58 bits per heavy atom. The third-order valence-corrected chi connectivity index (χ3v) is 1.56. The molecule has 0 bridgehead atoms. The Morgan fingerprint density at radius 2 is 2.08 bits per heavy atom. The highest BCUT2D eigenvalue weighted by molar-refractivity contribution is 5.57. The van der Waals surface area contributed by atoms with Crippen molar-refractivity contribution in [3.8, 4) is 0 Å². The van der Waals surface area contributed by atoms with Gasteiger partial charge < -0.3 is 10.5 Å². The molecule has 0 unspecified atom stereocenters. The summed E-state index contributed by atoms with van der Waals surface area (Å²) in [6, 6.07) is 5.47. The van der Waals surface area contributed by atoms with Gasteiger partial charge in [-0.25, -0.2) is 4.39 Å². The largest absolute Gasteiger partial charge is 0.321 e. The molecule has 1 aromatic carbocycles. The fourth-order valence-electron chi connectivity index (χ4n) is 0.941. The summed E-state index contributed by atoms with van der Waals surface area (Å²) >= 11 is 0. The second-order valence-electron chi connectivity index (χ2n) is 2.63. The summed E-state index contributed by atoms with van der Waals surface area (Å²) in [6.07, 6.45) is 1.15. The van der Waals surface area contributed by atoms with E-state index in [-0.39, 0.29) is 7.24 Å². The van der Waals surface area contributed by atoms with Gasteiger partial charge in [0.25, 0.3) is 0 Å². The Morgan fingerprint density at radius 1 is 1.50 bits per heavy atom. The van der Waals surface area contributed by atoms with Crippen LogP contribution in [0.3, 0.4) is 0 Å². The number of nitrogens with two attached hydrogens (primary N) is 1. The molecule has 2 N–H and O–H groups in total. The molecular formula is C9H12FNO. The first-order chi connectivity index (χ1) is 5.72. The zero-order chi connectivity index (χ0) is 8.97. The van der Waals surface area contributed by atoms with E-state index >= 15 is 0 Å². The molecule has 0 spiro atoms. The summed E-state index contributed by atoms with van der Waals surface area (Å²) in [4.78, 5) is 10.2. The summed E-state index contributed by atoms with van der Waals surface area (Å²) in [6.45, 7) is 0. The average molecular weight is 169 g/mol. The number of hydrogen-bond acceptors (Lipinski definition) is 2. The normalized spacial score (nSPS) is 12.5. The van der Waals surface area contributed by atoms with Crippen LogP contribution in [-0.4, -0.2) is 12.3 Å². The van der Waals surface area contributed by atoms with E-state index in [2.05, 4.69) is 0 Å². The van der Waals surface area contributed by atoms with Crippen LogP contribution in [0, 0.1) is 5.82 Å². The van der Waals surface area contributed by atoms with E-state index in [1.807, 2.05) is 0 Å². The maximum absolute atomic E-state index is 12.4. The van der Waals surface area contributed by atoms with Crippen molar-refractivity contribution in [3.63, 3.8) is 0 Å². The molecule has 0 aromatic heterocycles. The molecule has 0 heterocycles. The van der Waals surface area contributed by atoms with E-state index < -0.39 is 6.04 Å². The van der Waals surface area contributed by atoms with Crippen molar-refractivity contribution in [2.75, 3.05) is 0 Å². The van der Waals surface area contributed by atoms with Crippen LogP contribution in [0.25, 0.3) is 0 Å². The molecule has 0 amide bonds. The van der Waals surface area contributed by atoms with Gasteiger partial charge in [0.15, 0.2) is 0 Å². The van der Waals surface area contributed by atoms with Crippen LogP contribution in [0.1, 0.15) is 6.99 Å². The lowest BCUT2D eigenvalue weighted by Gasteiger charge is -2.02. The minimum atomic E-state index is -0.490. The molecule has 12 heavy (non-hydrogen) atoms. The highest BCUT2D eigenvalue weighted by Gasteiger charge is 2.01.